The van der Waals surface area contributed by atoms with Crippen molar-refractivity contribution in [2.75, 3.05) is 19.5 Å². The number of ketones is 1. The molecule has 1 aromatic heterocycles. The van der Waals surface area contributed by atoms with E-state index in [1.807, 2.05) is 19.1 Å². The van der Waals surface area contributed by atoms with Gasteiger partial charge in [0.15, 0.2) is 5.16 Å². The molecule has 6 heteroatoms. The summed E-state index contributed by atoms with van der Waals surface area (Å²) in [5.74, 6) is 0.346. The fourth-order valence-corrected chi connectivity index (χ4v) is 3.00. The maximum absolute atomic E-state index is 12.7. The first kappa shape index (κ1) is 15.7. The van der Waals surface area contributed by atoms with Crippen LogP contribution in [0.4, 0.5) is 0 Å². The van der Waals surface area contributed by atoms with Gasteiger partial charge in [-0.3, -0.25) is 14.2 Å². The molecule has 0 aliphatic carbocycles. The van der Waals surface area contributed by atoms with Gasteiger partial charge < -0.3 is 4.74 Å². The van der Waals surface area contributed by atoms with Crippen LogP contribution < -0.4 is 5.56 Å². The Bertz CT molecular complexity index is 712. The van der Waals surface area contributed by atoms with Gasteiger partial charge in [0, 0.05) is 7.11 Å². The number of para-hydroxylation sites is 1. The fraction of sp³-hybridized carbons (Fsp3) is 0.400. The summed E-state index contributed by atoms with van der Waals surface area (Å²) in [7, 11) is 1.60. The van der Waals surface area contributed by atoms with Gasteiger partial charge in [0.05, 0.1) is 29.3 Å². The Labute approximate surface area is 127 Å². The van der Waals surface area contributed by atoms with Crippen molar-refractivity contribution in [3.05, 3.63) is 34.6 Å². The predicted molar refractivity (Wildman–Crippen MR) is 84.0 cm³/mol. The minimum Gasteiger partial charge on any atom is -0.383 e. The Hall–Kier alpha value is -1.66. The molecule has 1 atom stereocenters. The maximum atomic E-state index is 12.7. The number of thioether (sulfide) groups is 1. The zero-order chi connectivity index (χ0) is 15.4. The van der Waals surface area contributed by atoms with Gasteiger partial charge in [0.1, 0.15) is 5.78 Å². The lowest BCUT2D eigenvalue weighted by Crippen LogP contribution is -2.28. The van der Waals surface area contributed by atoms with Crippen molar-refractivity contribution in [2.45, 2.75) is 25.0 Å². The van der Waals surface area contributed by atoms with Crippen molar-refractivity contribution >= 4 is 28.4 Å². The molecule has 5 nitrogen and oxygen atoms in total. The molecule has 0 saturated carbocycles. The lowest BCUT2D eigenvalue weighted by Gasteiger charge is -2.18. The summed E-state index contributed by atoms with van der Waals surface area (Å²) >= 11 is 1.29. The summed E-state index contributed by atoms with van der Waals surface area (Å²) in [5.41, 5.74) is 0.547. The molecule has 112 valence electrons. The van der Waals surface area contributed by atoms with E-state index in [1.54, 1.807) is 23.8 Å². The minimum absolute atomic E-state index is 0.0494. The predicted octanol–water partition coefficient (Wildman–Crippen LogP) is 2.29. The molecule has 0 amide bonds. The molecule has 0 bridgehead atoms. The summed E-state index contributed by atoms with van der Waals surface area (Å²) in [6.45, 7) is 3.84. The molecule has 0 spiro atoms. The van der Waals surface area contributed by atoms with Gasteiger partial charge in [0.25, 0.3) is 5.56 Å². The quantitative estimate of drug-likeness (QED) is 0.605. The monoisotopic (exact) mass is 306 g/mol. The second-order valence-corrected chi connectivity index (χ2v) is 5.82. The molecule has 0 N–H and O–H groups in total. The number of hydrogen-bond donors (Lipinski definition) is 0. The van der Waals surface area contributed by atoms with E-state index in [-0.39, 0.29) is 17.4 Å². The molecule has 2 aromatic rings. The number of Topliss-reactive ketones (excluding diaryl/α,β-unsaturated/α-hetero) is 1. The Morgan fingerprint density at radius 1 is 1.43 bits per heavy atom. The van der Waals surface area contributed by atoms with E-state index in [0.29, 0.717) is 28.4 Å². The van der Waals surface area contributed by atoms with E-state index in [4.69, 9.17) is 4.74 Å². The average molecular weight is 306 g/mol. The summed E-state index contributed by atoms with van der Waals surface area (Å²) in [6.07, 6.45) is 0. The van der Waals surface area contributed by atoms with Crippen molar-refractivity contribution in [1.29, 1.82) is 0 Å². The number of carbonyl (C=O) groups is 1. The van der Waals surface area contributed by atoms with Gasteiger partial charge in [-0.2, -0.15) is 0 Å². The molecule has 0 aliphatic rings. The summed E-state index contributed by atoms with van der Waals surface area (Å²) < 4.78 is 6.75. The highest BCUT2D eigenvalue weighted by molar-refractivity contribution is 7.99. The van der Waals surface area contributed by atoms with Crippen LogP contribution in [-0.2, 0) is 9.53 Å². The lowest BCUT2D eigenvalue weighted by molar-refractivity contribution is -0.114. The van der Waals surface area contributed by atoms with Crippen molar-refractivity contribution in [3.63, 3.8) is 0 Å². The molecule has 21 heavy (non-hydrogen) atoms. The highest BCUT2D eigenvalue weighted by Gasteiger charge is 2.16. The topological polar surface area (TPSA) is 61.2 Å². The maximum Gasteiger partial charge on any atom is 0.262 e. The van der Waals surface area contributed by atoms with Gasteiger partial charge in [-0.05, 0) is 26.0 Å². The van der Waals surface area contributed by atoms with Gasteiger partial charge in [0.2, 0.25) is 0 Å². The molecule has 0 fully saturated rings. The zero-order valence-electron chi connectivity index (χ0n) is 12.3. The van der Waals surface area contributed by atoms with Crippen LogP contribution in [-0.4, -0.2) is 34.8 Å². The van der Waals surface area contributed by atoms with Crippen LogP contribution in [0.5, 0.6) is 0 Å². The van der Waals surface area contributed by atoms with Crippen LogP contribution in [0.1, 0.15) is 19.9 Å². The molecular weight excluding hydrogens is 288 g/mol. The van der Waals surface area contributed by atoms with Crippen LogP contribution >= 0.6 is 11.8 Å². The number of nitrogens with zero attached hydrogens (tertiary/aromatic N) is 2. The van der Waals surface area contributed by atoms with E-state index in [2.05, 4.69) is 4.98 Å². The van der Waals surface area contributed by atoms with Crippen LogP contribution in [0.15, 0.2) is 34.2 Å². The second kappa shape index (κ2) is 6.87. The van der Waals surface area contributed by atoms with Gasteiger partial charge in [-0.25, -0.2) is 4.98 Å². The molecule has 0 aliphatic heterocycles. The SMILES string of the molecule is COC[C@H](C)n1c(SCC(C)=O)nc2ccccc2c1=O. The van der Waals surface area contributed by atoms with E-state index < -0.39 is 0 Å². The Morgan fingerprint density at radius 2 is 2.14 bits per heavy atom. The van der Waals surface area contributed by atoms with Crippen molar-refractivity contribution in [2.24, 2.45) is 0 Å². The number of methoxy groups -OCH3 is 1. The number of rotatable bonds is 6. The van der Waals surface area contributed by atoms with Gasteiger partial charge >= 0.3 is 0 Å². The van der Waals surface area contributed by atoms with E-state index in [9.17, 15) is 9.59 Å². The standard InChI is InChI=1S/C15H18N2O3S/c1-10(8-20-3)17-14(19)12-6-4-5-7-13(12)16-15(17)21-9-11(2)18/h4-7,10H,8-9H2,1-3H3/t10-/m0/s1. The molecule has 0 unspecified atom stereocenters. The van der Waals surface area contributed by atoms with Gasteiger partial charge in [-0.15, -0.1) is 0 Å². The number of benzene rings is 1. The first-order valence-electron chi connectivity index (χ1n) is 6.67. The van der Waals surface area contributed by atoms with Gasteiger partial charge in [-0.1, -0.05) is 23.9 Å². The van der Waals surface area contributed by atoms with Crippen molar-refractivity contribution < 1.29 is 9.53 Å². The third-order valence-corrected chi connectivity index (χ3v) is 4.13. The van der Waals surface area contributed by atoms with E-state index in [1.165, 1.54) is 18.7 Å². The van der Waals surface area contributed by atoms with Crippen molar-refractivity contribution in [3.8, 4) is 0 Å². The summed E-state index contributed by atoms with van der Waals surface area (Å²) in [5, 5.41) is 1.13. The smallest absolute Gasteiger partial charge is 0.262 e. The second-order valence-electron chi connectivity index (χ2n) is 4.88. The fourth-order valence-electron chi connectivity index (χ4n) is 2.10. The zero-order valence-corrected chi connectivity index (χ0v) is 13.1. The number of carbonyl (C=O) groups excluding carboxylic acids is 1. The number of aromatic nitrogens is 2. The number of ether oxygens (including phenoxy) is 1. The third-order valence-electron chi connectivity index (χ3n) is 3.03. The third kappa shape index (κ3) is 3.51. The van der Waals surface area contributed by atoms with Crippen LogP contribution in [0.25, 0.3) is 10.9 Å². The Morgan fingerprint density at radius 3 is 2.81 bits per heavy atom. The molecule has 2 rings (SSSR count). The summed E-state index contributed by atoms with van der Waals surface area (Å²) in [6, 6.07) is 7.09. The largest absolute Gasteiger partial charge is 0.383 e. The molecule has 0 radical (unpaired) electrons. The van der Waals surface area contributed by atoms with E-state index >= 15 is 0 Å². The average Bonchev–Trinajstić information content (AvgIpc) is 2.45. The van der Waals surface area contributed by atoms with Crippen molar-refractivity contribution in [1.82, 2.24) is 9.55 Å². The minimum atomic E-state index is -0.144. The van der Waals surface area contributed by atoms with E-state index in [0.717, 1.165) is 0 Å². The normalized spacial score (nSPS) is 12.5. The first-order chi connectivity index (χ1) is 10.0. The first-order valence-corrected chi connectivity index (χ1v) is 7.65. The van der Waals surface area contributed by atoms with Crippen LogP contribution in [0.2, 0.25) is 0 Å². The highest BCUT2D eigenvalue weighted by Crippen LogP contribution is 2.21. The lowest BCUT2D eigenvalue weighted by atomic mass is 10.2. The molecule has 1 aromatic carbocycles. The molecule has 0 saturated heterocycles. The van der Waals surface area contributed by atoms with Crippen LogP contribution in [0, 0.1) is 0 Å². The summed E-state index contributed by atoms with van der Waals surface area (Å²) in [4.78, 5) is 28.4. The number of fused-ring (bicyclic) bond motifs is 1. The van der Waals surface area contributed by atoms with Crippen LogP contribution in [0.3, 0.4) is 0 Å². The Kier molecular flexibility index (Phi) is 5.14. The Balaban J connectivity index is 2.59. The molecular formula is C15H18N2O3S. The molecule has 1 heterocycles. The highest BCUT2D eigenvalue weighted by atomic mass is 32.2. The number of hydrogen-bond acceptors (Lipinski definition) is 5.